The summed E-state index contributed by atoms with van der Waals surface area (Å²) in [7, 11) is 0. The van der Waals surface area contributed by atoms with E-state index in [0.717, 1.165) is 12.8 Å². The average Bonchev–Trinajstić information content (AvgIpc) is 2.21. The van der Waals surface area contributed by atoms with E-state index >= 15 is 0 Å². The second-order valence-electron chi connectivity index (χ2n) is 3.78. The average molecular weight is 202 g/mol. The van der Waals surface area contributed by atoms with Crippen molar-refractivity contribution in [1.29, 1.82) is 0 Å². The molecule has 3 nitrogen and oxygen atoms in total. The Morgan fingerprint density at radius 1 is 1.14 bits per heavy atom. The molecule has 0 aromatic carbocycles. The van der Waals surface area contributed by atoms with Crippen molar-refractivity contribution in [2.24, 2.45) is 5.92 Å². The molecule has 0 rings (SSSR count). The molecule has 0 atom stereocenters. The Morgan fingerprint density at radius 2 is 1.79 bits per heavy atom. The molecule has 0 radical (unpaired) electrons. The Kier molecular flexibility index (Phi) is 8.89. The van der Waals surface area contributed by atoms with Crippen LogP contribution in [-0.4, -0.2) is 29.2 Å². The SMILES string of the molecule is CCCCCCC(=O)CC(CO)CO. The van der Waals surface area contributed by atoms with Crippen molar-refractivity contribution in [1.82, 2.24) is 0 Å². The highest BCUT2D eigenvalue weighted by atomic mass is 16.3. The van der Waals surface area contributed by atoms with E-state index in [4.69, 9.17) is 10.2 Å². The normalized spacial score (nSPS) is 10.9. The fourth-order valence-corrected chi connectivity index (χ4v) is 1.36. The maximum absolute atomic E-state index is 11.3. The summed E-state index contributed by atoms with van der Waals surface area (Å²) in [5.74, 6) is -0.0946. The van der Waals surface area contributed by atoms with Gasteiger partial charge < -0.3 is 10.2 Å². The van der Waals surface area contributed by atoms with E-state index in [1.54, 1.807) is 0 Å². The summed E-state index contributed by atoms with van der Waals surface area (Å²) in [5, 5.41) is 17.5. The largest absolute Gasteiger partial charge is 0.396 e. The van der Waals surface area contributed by atoms with E-state index in [2.05, 4.69) is 6.92 Å². The number of Topliss-reactive ketones (excluding diaryl/α,β-unsaturated/α-hetero) is 1. The van der Waals surface area contributed by atoms with Crippen molar-refractivity contribution in [2.45, 2.75) is 45.4 Å². The Hall–Kier alpha value is -0.410. The molecule has 0 bridgehead atoms. The molecule has 0 aromatic rings. The highest BCUT2D eigenvalue weighted by Gasteiger charge is 2.11. The number of hydrogen-bond donors (Lipinski definition) is 2. The van der Waals surface area contributed by atoms with Gasteiger partial charge in [-0.1, -0.05) is 26.2 Å². The molecule has 0 spiro atoms. The van der Waals surface area contributed by atoms with Crippen LogP contribution in [0.3, 0.4) is 0 Å². The van der Waals surface area contributed by atoms with E-state index in [-0.39, 0.29) is 24.9 Å². The minimum absolute atomic E-state index is 0.100. The molecular formula is C11H22O3. The number of carbonyl (C=O) groups is 1. The predicted octanol–water partition coefficient (Wildman–Crippen LogP) is 1.52. The number of rotatable bonds is 9. The van der Waals surface area contributed by atoms with Gasteiger partial charge in [-0.3, -0.25) is 4.79 Å². The topological polar surface area (TPSA) is 57.5 Å². The molecule has 0 aliphatic rings. The first-order valence-electron chi connectivity index (χ1n) is 5.48. The molecule has 84 valence electrons. The van der Waals surface area contributed by atoms with Crippen LogP contribution in [0.1, 0.15) is 45.4 Å². The van der Waals surface area contributed by atoms with E-state index in [9.17, 15) is 4.79 Å². The zero-order chi connectivity index (χ0) is 10.8. The summed E-state index contributed by atoms with van der Waals surface area (Å²) in [6, 6.07) is 0. The predicted molar refractivity (Wildman–Crippen MR) is 56.0 cm³/mol. The number of aliphatic hydroxyl groups is 2. The smallest absolute Gasteiger partial charge is 0.133 e. The van der Waals surface area contributed by atoms with Crippen LogP contribution >= 0.6 is 0 Å². The van der Waals surface area contributed by atoms with Crippen LogP contribution in [0.5, 0.6) is 0 Å². The van der Waals surface area contributed by atoms with Gasteiger partial charge in [0.1, 0.15) is 5.78 Å². The zero-order valence-corrected chi connectivity index (χ0v) is 9.04. The number of hydrogen-bond acceptors (Lipinski definition) is 3. The number of aliphatic hydroxyl groups excluding tert-OH is 2. The molecule has 0 aromatic heterocycles. The maximum Gasteiger partial charge on any atom is 0.133 e. The molecule has 0 saturated heterocycles. The third-order valence-corrected chi connectivity index (χ3v) is 2.34. The monoisotopic (exact) mass is 202 g/mol. The molecule has 0 heterocycles. The zero-order valence-electron chi connectivity index (χ0n) is 9.04. The summed E-state index contributed by atoms with van der Waals surface area (Å²) in [6.07, 6.45) is 5.30. The highest BCUT2D eigenvalue weighted by Crippen LogP contribution is 2.08. The first kappa shape index (κ1) is 13.6. The third kappa shape index (κ3) is 7.04. The molecule has 0 fully saturated rings. The number of ketones is 1. The van der Waals surface area contributed by atoms with Gasteiger partial charge in [-0.2, -0.15) is 0 Å². The van der Waals surface area contributed by atoms with Gasteiger partial charge in [0.05, 0.1) is 0 Å². The first-order chi connectivity index (χ1) is 6.74. The van der Waals surface area contributed by atoms with Gasteiger partial charge in [0.15, 0.2) is 0 Å². The fourth-order valence-electron chi connectivity index (χ4n) is 1.36. The summed E-state index contributed by atoms with van der Waals surface area (Å²) < 4.78 is 0. The van der Waals surface area contributed by atoms with E-state index in [0.29, 0.717) is 12.8 Å². The van der Waals surface area contributed by atoms with Crippen LogP contribution in [0, 0.1) is 5.92 Å². The van der Waals surface area contributed by atoms with Gasteiger partial charge in [0.2, 0.25) is 0 Å². The molecule has 0 aliphatic heterocycles. The summed E-state index contributed by atoms with van der Waals surface area (Å²) in [5.41, 5.74) is 0. The van der Waals surface area contributed by atoms with Crippen molar-refractivity contribution in [3.63, 3.8) is 0 Å². The lowest BCUT2D eigenvalue weighted by Crippen LogP contribution is -2.15. The van der Waals surface area contributed by atoms with E-state index in [1.807, 2.05) is 0 Å². The van der Waals surface area contributed by atoms with E-state index in [1.165, 1.54) is 12.8 Å². The Morgan fingerprint density at radius 3 is 2.29 bits per heavy atom. The molecule has 0 unspecified atom stereocenters. The minimum Gasteiger partial charge on any atom is -0.396 e. The van der Waals surface area contributed by atoms with Crippen LogP contribution < -0.4 is 0 Å². The summed E-state index contributed by atoms with van der Waals surface area (Å²) in [6.45, 7) is 1.93. The molecule has 14 heavy (non-hydrogen) atoms. The van der Waals surface area contributed by atoms with Crippen LogP contribution in [0.25, 0.3) is 0 Å². The minimum atomic E-state index is -0.256. The molecule has 2 N–H and O–H groups in total. The number of unbranched alkanes of at least 4 members (excludes halogenated alkanes) is 3. The molecule has 3 heteroatoms. The third-order valence-electron chi connectivity index (χ3n) is 2.34. The van der Waals surface area contributed by atoms with Gasteiger partial charge in [-0.15, -0.1) is 0 Å². The van der Waals surface area contributed by atoms with Gasteiger partial charge in [-0.25, -0.2) is 0 Å². The lowest BCUT2D eigenvalue weighted by Gasteiger charge is -2.08. The summed E-state index contributed by atoms with van der Waals surface area (Å²) in [4.78, 5) is 11.3. The number of carbonyl (C=O) groups excluding carboxylic acids is 1. The molecule has 0 saturated carbocycles. The summed E-state index contributed by atoms with van der Waals surface area (Å²) >= 11 is 0. The molecule has 0 aliphatic carbocycles. The van der Waals surface area contributed by atoms with Crippen molar-refractivity contribution >= 4 is 5.78 Å². The second-order valence-corrected chi connectivity index (χ2v) is 3.78. The van der Waals surface area contributed by atoms with Crippen molar-refractivity contribution < 1.29 is 15.0 Å². The Labute approximate surface area is 86.1 Å². The second kappa shape index (κ2) is 9.16. The van der Waals surface area contributed by atoms with Crippen molar-refractivity contribution in [2.75, 3.05) is 13.2 Å². The fraction of sp³-hybridized carbons (Fsp3) is 0.909. The highest BCUT2D eigenvalue weighted by molar-refractivity contribution is 5.78. The van der Waals surface area contributed by atoms with Crippen LogP contribution in [0.15, 0.2) is 0 Å². The van der Waals surface area contributed by atoms with E-state index < -0.39 is 0 Å². The Balaban J connectivity index is 3.44. The van der Waals surface area contributed by atoms with Crippen molar-refractivity contribution in [3.05, 3.63) is 0 Å². The van der Waals surface area contributed by atoms with Crippen molar-refractivity contribution in [3.8, 4) is 0 Å². The van der Waals surface area contributed by atoms with Crippen LogP contribution in [0.4, 0.5) is 0 Å². The lowest BCUT2D eigenvalue weighted by molar-refractivity contribution is -0.120. The van der Waals surface area contributed by atoms with Crippen LogP contribution in [-0.2, 0) is 4.79 Å². The maximum atomic E-state index is 11.3. The lowest BCUT2D eigenvalue weighted by atomic mass is 10.0. The van der Waals surface area contributed by atoms with Crippen LogP contribution in [0.2, 0.25) is 0 Å². The molecular weight excluding hydrogens is 180 g/mol. The quantitative estimate of drug-likeness (QED) is 0.557. The van der Waals surface area contributed by atoms with Gasteiger partial charge in [-0.05, 0) is 6.42 Å². The van der Waals surface area contributed by atoms with Gasteiger partial charge >= 0.3 is 0 Å². The van der Waals surface area contributed by atoms with Gasteiger partial charge in [0.25, 0.3) is 0 Å². The standard InChI is InChI=1S/C11H22O3/c1-2-3-4-5-6-11(14)7-10(8-12)9-13/h10,12-13H,2-9H2,1H3. The van der Waals surface area contributed by atoms with Gasteiger partial charge in [0, 0.05) is 32.0 Å². The first-order valence-corrected chi connectivity index (χ1v) is 5.48. The Bertz CT molecular complexity index is 141. The molecule has 0 amide bonds.